The summed E-state index contributed by atoms with van der Waals surface area (Å²) in [4.78, 5) is 18.1. The van der Waals surface area contributed by atoms with Gasteiger partial charge in [-0.3, -0.25) is 19.7 Å². The van der Waals surface area contributed by atoms with Crippen molar-refractivity contribution < 1.29 is 13.3 Å². The number of hydrogen-bond acceptors (Lipinski definition) is 7. The van der Waals surface area contributed by atoms with E-state index in [0.29, 0.717) is 28.0 Å². The molecule has 1 saturated heterocycles. The lowest BCUT2D eigenvalue weighted by molar-refractivity contribution is -0.384. The van der Waals surface area contributed by atoms with Gasteiger partial charge in [-0.25, -0.2) is 17.4 Å². The van der Waals surface area contributed by atoms with Gasteiger partial charge in [0.25, 0.3) is 15.7 Å². The molecule has 0 spiro atoms. The van der Waals surface area contributed by atoms with Crippen LogP contribution in [0.5, 0.6) is 0 Å². The molecule has 6 aromatic rings. The zero-order chi connectivity index (χ0) is 32.7. The van der Waals surface area contributed by atoms with Crippen LogP contribution in [0.15, 0.2) is 108 Å². The third-order valence-corrected chi connectivity index (χ3v) is 10.4. The first-order valence-corrected chi connectivity index (χ1v) is 17.1. The molecule has 0 N–H and O–H groups in total. The van der Waals surface area contributed by atoms with E-state index in [1.165, 1.54) is 34.5 Å². The smallest absolute Gasteiger partial charge is 0.269 e. The summed E-state index contributed by atoms with van der Waals surface area (Å²) in [6.07, 6.45) is 5.98. The molecule has 0 atom stereocenters. The fraction of sp³-hybridized carbons (Fsp3) is 0.222. The van der Waals surface area contributed by atoms with Crippen LogP contribution in [0.4, 0.5) is 5.69 Å². The first kappa shape index (κ1) is 30.5. The van der Waals surface area contributed by atoms with E-state index in [0.717, 1.165) is 36.3 Å². The number of rotatable bonds is 9. The molecule has 238 valence electrons. The number of pyridine rings is 1. The molecule has 1 fully saturated rings. The highest BCUT2D eigenvalue weighted by atomic mass is 32.2. The van der Waals surface area contributed by atoms with Gasteiger partial charge in [0.2, 0.25) is 0 Å². The lowest BCUT2D eigenvalue weighted by Crippen LogP contribution is -2.18. The summed E-state index contributed by atoms with van der Waals surface area (Å²) in [5.41, 5.74) is 5.59. The third kappa shape index (κ3) is 5.72. The quantitative estimate of drug-likeness (QED) is 0.118. The van der Waals surface area contributed by atoms with Gasteiger partial charge in [0.1, 0.15) is 5.69 Å². The Morgan fingerprint density at radius 1 is 0.872 bits per heavy atom. The van der Waals surface area contributed by atoms with E-state index in [4.69, 9.17) is 5.10 Å². The molecule has 0 unspecified atom stereocenters. The van der Waals surface area contributed by atoms with Crippen LogP contribution < -0.4 is 0 Å². The van der Waals surface area contributed by atoms with Crippen LogP contribution in [0.25, 0.3) is 44.7 Å². The predicted molar refractivity (Wildman–Crippen MR) is 182 cm³/mol. The Morgan fingerprint density at radius 3 is 2.21 bits per heavy atom. The molecule has 3 aromatic heterocycles. The number of benzene rings is 3. The first-order chi connectivity index (χ1) is 22.7. The number of non-ortho nitro benzene ring substituents is 1. The van der Waals surface area contributed by atoms with Gasteiger partial charge < -0.3 is 0 Å². The molecule has 0 radical (unpaired) electrons. The average molecular weight is 647 g/mol. The second-order valence-corrected chi connectivity index (χ2v) is 13.9. The van der Waals surface area contributed by atoms with Gasteiger partial charge in [-0.1, -0.05) is 42.5 Å². The maximum absolute atomic E-state index is 14.4. The van der Waals surface area contributed by atoms with Crippen molar-refractivity contribution in [3.63, 3.8) is 0 Å². The summed E-state index contributed by atoms with van der Waals surface area (Å²) in [5, 5.41) is 16.9. The molecule has 0 aliphatic carbocycles. The van der Waals surface area contributed by atoms with Crippen LogP contribution in [0, 0.1) is 10.1 Å². The van der Waals surface area contributed by atoms with E-state index < -0.39 is 14.9 Å². The minimum absolute atomic E-state index is 0.0100. The Morgan fingerprint density at radius 2 is 1.55 bits per heavy atom. The van der Waals surface area contributed by atoms with E-state index in [2.05, 4.69) is 22.0 Å². The average Bonchev–Trinajstić information content (AvgIpc) is 3.85. The van der Waals surface area contributed by atoms with Crippen LogP contribution >= 0.6 is 0 Å². The SMILES string of the molecule is CC(C)n1cc(-c2ccnc3c2cc(-c2ccc(CN4CCCC4)cc2)n3S(=O)(=O)c2ccccc2)c(-c2ccc([N+](=O)[O-])cc2)n1. The fourth-order valence-electron chi connectivity index (χ4n) is 6.24. The summed E-state index contributed by atoms with van der Waals surface area (Å²) in [7, 11) is -4.05. The second kappa shape index (κ2) is 12.2. The summed E-state index contributed by atoms with van der Waals surface area (Å²) in [5.74, 6) is 0. The van der Waals surface area contributed by atoms with Crippen molar-refractivity contribution in [3.8, 4) is 33.6 Å². The van der Waals surface area contributed by atoms with Crippen molar-refractivity contribution in [3.05, 3.63) is 119 Å². The van der Waals surface area contributed by atoms with Gasteiger partial charge in [-0.15, -0.1) is 0 Å². The number of nitro benzene ring substituents is 1. The fourth-order valence-corrected chi connectivity index (χ4v) is 7.74. The van der Waals surface area contributed by atoms with Crippen molar-refractivity contribution in [2.75, 3.05) is 13.1 Å². The molecule has 11 heteroatoms. The maximum Gasteiger partial charge on any atom is 0.269 e. The number of likely N-dealkylation sites (tertiary alicyclic amines) is 1. The van der Waals surface area contributed by atoms with Crippen LogP contribution in [0.1, 0.15) is 38.3 Å². The maximum atomic E-state index is 14.4. The molecule has 0 saturated carbocycles. The minimum atomic E-state index is -4.05. The van der Waals surface area contributed by atoms with Crippen LogP contribution in [-0.2, 0) is 16.6 Å². The van der Waals surface area contributed by atoms with Crippen molar-refractivity contribution in [2.45, 2.75) is 44.2 Å². The standard InChI is InChI=1S/C36H34N6O4S/c1-25(2)40-24-33(35(38-40)28-14-16-29(17-15-28)42(43)44)31-18-19-37-36-32(31)22-34(41(36)47(45,46)30-8-4-3-5-9-30)27-12-10-26(11-13-27)23-39-20-6-7-21-39/h3-5,8-19,22,24-25H,6-7,20-21,23H2,1-2H3. The summed E-state index contributed by atoms with van der Waals surface area (Å²) >= 11 is 0. The Balaban J connectivity index is 1.43. The normalized spacial score (nSPS) is 13.9. The molecule has 7 rings (SSSR count). The van der Waals surface area contributed by atoms with Crippen molar-refractivity contribution in [1.82, 2.24) is 23.6 Å². The first-order valence-electron chi connectivity index (χ1n) is 15.7. The molecule has 1 aliphatic heterocycles. The minimum Gasteiger partial charge on any atom is -0.299 e. The molecular weight excluding hydrogens is 613 g/mol. The highest BCUT2D eigenvalue weighted by Crippen LogP contribution is 2.40. The summed E-state index contributed by atoms with van der Waals surface area (Å²) < 4.78 is 31.9. The van der Waals surface area contributed by atoms with Crippen molar-refractivity contribution in [1.29, 1.82) is 0 Å². The molecule has 0 bridgehead atoms. The van der Waals surface area contributed by atoms with Gasteiger partial charge in [-0.05, 0) is 92.9 Å². The number of hydrogen-bond donors (Lipinski definition) is 0. The highest BCUT2D eigenvalue weighted by Gasteiger charge is 2.27. The van der Waals surface area contributed by atoms with Crippen molar-refractivity contribution in [2.24, 2.45) is 0 Å². The Kier molecular flexibility index (Phi) is 7.94. The Labute approximate surface area is 273 Å². The number of nitro groups is 1. The van der Waals surface area contributed by atoms with E-state index in [1.54, 1.807) is 48.7 Å². The molecule has 47 heavy (non-hydrogen) atoms. The lowest BCUT2D eigenvalue weighted by Gasteiger charge is -2.15. The summed E-state index contributed by atoms with van der Waals surface area (Å²) in [6, 6.07) is 26.6. The van der Waals surface area contributed by atoms with Gasteiger partial charge >= 0.3 is 0 Å². The van der Waals surface area contributed by atoms with Crippen molar-refractivity contribution >= 4 is 26.7 Å². The van der Waals surface area contributed by atoms with Crippen LogP contribution in [-0.4, -0.2) is 50.1 Å². The number of nitrogens with zero attached hydrogens (tertiary/aromatic N) is 6. The van der Waals surface area contributed by atoms with Gasteiger partial charge in [0.15, 0.2) is 5.65 Å². The Hall–Kier alpha value is -5.13. The summed E-state index contributed by atoms with van der Waals surface area (Å²) in [6.45, 7) is 7.09. The molecule has 3 aromatic carbocycles. The van der Waals surface area contributed by atoms with E-state index in [9.17, 15) is 18.5 Å². The third-order valence-electron chi connectivity index (χ3n) is 8.70. The van der Waals surface area contributed by atoms with E-state index in [-0.39, 0.29) is 16.6 Å². The van der Waals surface area contributed by atoms with E-state index >= 15 is 0 Å². The molecule has 4 heterocycles. The zero-order valence-electron chi connectivity index (χ0n) is 26.2. The zero-order valence-corrected chi connectivity index (χ0v) is 27.0. The molecular formula is C36H34N6O4S. The largest absolute Gasteiger partial charge is 0.299 e. The highest BCUT2D eigenvalue weighted by molar-refractivity contribution is 7.90. The van der Waals surface area contributed by atoms with E-state index in [1.807, 2.05) is 49.0 Å². The van der Waals surface area contributed by atoms with Gasteiger partial charge in [0, 0.05) is 53.6 Å². The molecule has 1 aliphatic rings. The predicted octanol–water partition coefficient (Wildman–Crippen LogP) is 7.56. The topological polar surface area (TPSA) is 116 Å². The van der Waals surface area contributed by atoms with Gasteiger partial charge in [0.05, 0.1) is 15.5 Å². The number of fused-ring (bicyclic) bond motifs is 1. The molecule has 0 amide bonds. The van der Waals surface area contributed by atoms with Crippen LogP contribution in [0.3, 0.4) is 0 Å². The monoisotopic (exact) mass is 646 g/mol. The van der Waals surface area contributed by atoms with Gasteiger partial charge in [-0.2, -0.15) is 5.10 Å². The second-order valence-electron chi connectivity index (χ2n) is 12.2. The lowest BCUT2D eigenvalue weighted by atomic mass is 10.00. The Bertz CT molecular complexity index is 2180. The van der Waals surface area contributed by atoms with Crippen LogP contribution in [0.2, 0.25) is 0 Å². The number of aromatic nitrogens is 4. The molecule has 10 nitrogen and oxygen atoms in total.